The SMILES string of the molecule is CCOP(=S)(OCC)SC/C(C)=C(\CO)CCc1ccccc1. The van der Waals surface area contributed by atoms with Gasteiger partial charge in [-0.3, -0.25) is 0 Å². The van der Waals surface area contributed by atoms with E-state index in [0.717, 1.165) is 24.2 Å². The van der Waals surface area contributed by atoms with Gasteiger partial charge < -0.3 is 14.2 Å². The summed E-state index contributed by atoms with van der Waals surface area (Å²) in [5, 5.41) is 9.66. The topological polar surface area (TPSA) is 38.7 Å². The predicted molar refractivity (Wildman–Crippen MR) is 105 cm³/mol. The maximum Gasteiger partial charge on any atom is 0.247 e. The molecule has 130 valence electrons. The molecule has 0 aliphatic rings. The van der Waals surface area contributed by atoms with Crippen molar-refractivity contribution in [3.63, 3.8) is 0 Å². The average molecular weight is 375 g/mol. The van der Waals surface area contributed by atoms with Crippen molar-refractivity contribution < 1.29 is 14.2 Å². The van der Waals surface area contributed by atoms with Gasteiger partial charge in [0.1, 0.15) is 0 Å². The third kappa shape index (κ3) is 7.97. The normalized spacial score (nSPS) is 13.0. The summed E-state index contributed by atoms with van der Waals surface area (Å²) in [6, 6.07) is 10.3. The molecule has 0 unspecified atom stereocenters. The number of rotatable bonds is 11. The molecule has 0 fully saturated rings. The molecule has 0 aromatic heterocycles. The highest BCUT2D eigenvalue weighted by molar-refractivity contribution is 8.67. The molecule has 0 aliphatic carbocycles. The minimum atomic E-state index is -2.27. The highest BCUT2D eigenvalue weighted by atomic mass is 32.9. The molecular formula is C17H27O3PS2. The zero-order valence-corrected chi connectivity index (χ0v) is 16.7. The fourth-order valence-electron chi connectivity index (χ4n) is 2.07. The minimum absolute atomic E-state index is 0.0887. The van der Waals surface area contributed by atoms with Crippen molar-refractivity contribution in [3.05, 3.63) is 47.0 Å². The van der Waals surface area contributed by atoms with E-state index in [1.165, 1.54) is 11.1 Å². The summed E-state index contributed by atoms with van der Waals surface area (Å²) in [5.74, 6) is 0.738. The van der Waals surface area contributed by atoms with Crippen molar-refractivity contribution in [2.45, 2.75) is 33.6 Å². The van der Waals surface area contributed by atoms with E-state index in [2.05, 4.69) is 19.1 Å². The molecule has 0 bridgehead atoms. The van der Waals surface area contributed by atoms with Gasteiger partial charge in [-0.05, 0) is 56.6 Å². The standard InChI is InChI=1S/C17H27O3PS2/c1-4-19-21(22,20-5-2)23-14-15(3)17(13-18)12-11-16-9-7-6-8-10-16/h6-10,18H,4-5,11-14H2,1-3H3/b17-15-. The van der Waals surface area contributed by atoms with Crippen LogP contribution in [0.4, 0.5) is 0 Å². The van der Waals surface area contributed by atoms with E-state index in [-0.39, 0.29) is 6.61 Å². The van der Waals surface area contributed by atoms with Gasteiger partial charge in [0, 0.05) is 5.75 Å². The molecule has 3 nitrogen and oxygen atoms in total. The number of hydrogen-bond acceptors (Lipinski definition) is 5. The monoisotopic (exact) mass is 374 g/mol. The summed E-state index contributed by atoms with van der Waals surface area (Å²) >= 11 is 7.09. The van der Waals surface area contributed by atoms with Crippen LogP contribution in [0.3, 0.4) is 0 Å². The van der Waals surface area contributed by atoms with E-state index in [1.54, 1.807) is 11.4 Å². The highest BCUT2D eigenvalue weighted by Gasteiger charge is 2.19. The van der Waals surface area contributed by atoms with Gasteiger partial charge in [0.05, 0.1) is 19.8 Å². The zero-order chi connectivity index (χ0) is 17.1. The fraction of sp³-hybridized carbons (Fsp3) is 0.529. The Morgan fingerprint density at radius 3 is 2.30 bits per heavy atom. The summed E-state index contributed by atoms with van der Waals surface area (Å²) in [6.45, 7) is 7.14. The lowest BCUT2D eigenvalue weighted by Gasteiger charge is -2.20. The first-order valence-electron chi connectivity index (χ1n) is 7.90. The summed E-state index contributed by atoms with van der Waals surface area (Å²) < 4.78 is 11.3. The lowest BCUT2D eigenvalue weighted by atomic mass is 10.0. The van der Waals surface area contributed by atoms with Crippen LogP contribution in [0.1, 0.15) is 32.8 Å². The fourth-order valence-corrected chi connectivity index (χ4v) is 6.73. The molecule has 0 saturated heterocycles. The van der Waals surface area contributed by atoms with Crippen molar-refractivity contribution in [2.24, 2.45) is 0 Å². The van der Waals surface area contributed by atoms with Gasteiger partial charge in [-0.2, -0.15) is 0 Å². The minimum Gasteiger partial charge on any atom is -0.392 e. The Hall–Kier alpha value is -0.160. The number of aliphatic hydroxyl groups excluding tert-OH is 1. The van der Waals surface area contributed by atoms with Gasteiger partial charge in [0.2, 0.25) is 5.69 Å². The lowest BCUT2D eigenvalue weighted by Crippen LogP contribution is -2.01. The Labute approximate surface area is 149 Å². The Bertz CT molecular complexity index is 522. The molecule has 23 heavy (non-hydrogen) atoms. The second kappa shape index (κ2) is 11.4. The van der Waals surface area contributed by atoms with Crippen molar-refractivity contribution in [1.82, 2.24) is 0 Å². The molecule has 1 N–H and O–H groups in total. The van der Waals surface area contributed by atoms with Crippen molar-refractivity contribution in [1.29, 1.82) is 0 Å². The summed E-state index contributed by atoms with van der Waals surface area (Å²) in [6.07, 6.45) is 1.79. The van der Waals surface area contributed by atoms with Crippen molar-refractivity contribution in [2.75, 3.05) is 25.6 Å². The first-order valence-corrected chi connectivity index (χ1v) is 12.1. The van der Waals surface area contributed by atoms with Crippen LogP contribution < -0.4 is 0 Å². The van der Waals surface area contributed by atoms with Crippen LogP contribution in [0.2, 0.25) is 0 Å². The molecule has 6 heteroatoms. The molecule has 0 amide bonds. The van der Waals surface area contributed by atoms with Crippen LogP contribution in [-0.4, -0.2) is 30.7 Å². The van der Waals surface area contributed by atoms with Crippen LogP contribution in [0, 0.1) is 0 Å². The molecule has 0 saturated carbocycles. The Morgan fingerprint density at radius 1 is 1.17 bits per heavy atom. The zero-order valence-electron chi connectivity index (χ0n) is 14.2. The Kier molecular flexibility index (Phi) is 10.4. The first kappa shape index (κ1) is 20.9. The molecule has 1 aromatic carbocycles. The first-order chi connectivity index (χ1) is 11.0. The molecule has 0 heterocycles. The van der Waals surface area contributed by atoms with Crippen molar-refractivity contribution in [3.8, 4) is 0 Å². The highest BCUT2D eigenvalue weighted by Crippen LogP contribution is 2.61. The molecule has 0 spiro atoms. The van der Waals surface area contributed by atoms with E-state index >= 15 is 0 Å². The molecule has 0 radical (unpaired) electrons. The van der Waals surface area contributed by atoms with E-state index < -0.39 is 5.69 Å². The van der Waals surface area contributed by atoms with Gasteiger partial charge in [-0.1, -0.05) is 47.3 Å². The van der Waals surface area contributed by atoms with E-state index in [9.17, 15) is 5.11 Å². The maximum absolute atomic E-state index is 9.66. The Morgan fingerprint density at radius 2 is 1.78 bits per heavy atom. The molecule has 1 rings (SSSR count). The van der Waals surface area contributed by atoms with Crippen LogP contribution in [0.5, 0.6) is 0 Å². The predicted octanol–water partition coefficient (Wildman–Crippen LogP) is 4.96. The van der Waals surface area contributed by atoms with Gasteiger partial charge in [-0.25, -0.2) is 0 Å². The van der Waals surface area contributed by atoms with Crippen LogP contribution in [0.25, 0.3) is 0 Å². The molecule has 0 atom stereocenters. The molecular weight excluding hydrogens is 347 g/mol. The van der Waals surface area contributed by atoms with Crippen LogP contribution in [0.15, 0.2) is 41.5 Å². The lowest BCUT2D eigenvalue weighted by molar-refractivity contribution is 0.280. The Balaban J connectivity index is 2.63. The number of aryl methyl sites for hydroxylation is 1. The van der Waals surface area contributed by atoms with Crippen LogP contribution in [-0.2, 0) is 27.3 Å². The van der Waals surface area contributed by atoms with E-state index in [4.69, 9.17) is 20.9 Å². The molecule has 1 aromatic rings. The number of benzene rings is 1. The van der Waals surface area contributed by atoms with Gasteiger partial charge >= 0.3 is 0 Å². The summed E-state index contributed by atoms with van der Waals surface area (Å²) in [4.78, 5) is 0. The maximum atomic E-state index is 9.66. The second-order valence-electron chi connectivity index (χ2n) is 5.08. The average Bonchev–Trinajstić information content (AvgIpc) is 2.55. The quantitative estimate of drug-likeness (QED) is 0.438. The van der Waals surface area contributed by atoms with Gasteiger partial charge in [0.25, 0.3) is 0 Å². The van der Waals surface area contributed by atoms with Crippen molar-refractivity contribution >= 4 is 28.9 Å². The molecule has 0 aliphatic heterocycles. The second-order valence-corrected chi connectivity index (χ2v) is 11.4. The van der Waals surface area contributed by atoms with Gasteiger partial charge in [-0.15, -0.1) is 0 Å². The smallest absolute Gasteiger partial charge is 0.247 e. The number of aliphatic hydroxyl groups is 1. The third-order valence-electron chi connectivity index (χ3n) is 3.37. The third-order valence-corrected chi connectivity index (χ3v) is 8.94. The van der Waals surface area contributed by atoms with E-state index in [1.807, 2.05) is 32.0 Å². The largest absolute Gasteiger partial charge is 0.392 e. The number of hydrogen-bond donors (Lipinski definition) is 1. The van der Waals surface area contributed by atoms with E-state index in [0.29, 0.717) is 13.2 Å². The summed E-state index contributed by atoms with van der Waals surface area (Å²) in [7, 11) is 0. The summed E-state index contributed by atoms with van der Waals surface area (Å²) in [5.41, 5.74) is 1.27. The van der Waals surface area contributed by atoms with Crippen LogP contribution >= 0.6 is 17.1 Å². The van der Waals surface area contributed by atoms with Gasteiger partial charge in [0.15, 0.2) is 0 Å².